The molecule has 0 radical (unpaired) electrons. The van der Waals surface area contributed by atoms with Crippen molar-refractivity contribution in [1.29, 1.82) is 5.26 Å². The van der Waals surface area contributed by atoms with Gasteiger partial charge in [-0.05, 0) is 69.3 Å². The molecule has 23 heavy (non-hydrogen) atoms. The molecule has 118 valence electrons. The van der Waals surface area contributed by atoms with Crippen molar-refractivity contribution in [3.05, 3.63) is 46.4 Å². The van der Waals surface area contributed by atoms with E-state index >= 15 is 0 Å². The fraction of sp³-hybridized carbons (Fsp3) is 0.450. The third kappa shape index (κ3) is 2.60. The molecular weight excluding hydrogens is 300 g/mol. The number of nitriles is 1. The van der Waals surface area contributed by atoms with Crippen molar-refractivity contribution in [1.82, 2.24) is 4.90 Å². The van der Waals surface area contributed by atoms with Crippen LogP contribution in [0, 0.1) is 17.2 Å². The molecule has 1 fully saturated rings. The number of likely N-dealkylation sites (N-methyl/N-ethyl adjacent to an activating group) is 1. The van der Waals surface area contributed by atoms with Crippen molar-refractivity contribution in [3.8, 4) is 6.07 Å². The van der Waals surface area contributed by atoms with Gasteiger partial charge in [0.25, 0.3) is 0 Å². The van der Waals surface area contributed by atoms with Crippen LogP contribution < -0.4 is 0 Å². The van der Waals surface area contributed by atoms with Gasteiger partial charge in [-0.1, -0.05) is 17.7 Å². The molecule has 0 aliphatic heterocycles. The largest absolute Gasteiger partial charge is 0.305 e. The van der Waals surface area contributed by atoms with Gasteiger partial charge in [0.1, 0.15) is 0 Å². The first-order valence-electron chi connectivity index (χ1n) is 8.37. The minimum Gasteiger partial charge on any atom is -0.305 e. The summed E-state index contributed by atoms with van der Waals surface area (Å²) >= 11 is 1.90. The van der Waals surface area contributed by atoms with Crippen molar-refractivity contribution in [2.45, 2.75) is 31.1 Å². The molecule has 3 heteroatoms. The SMILES string of the molecule is CN(C)CC1=CC2(c3cc4ccc(C#N)cc4s3)CCC(C1)C2. The molecule has 2 nitrogen and oxygen atoms in total. The summed E-state index contributed by atoms with van der Waals surface area (Å²) in [6.07, 6.45) is 7.81. The number of hydrogen-bond donors (Lipinski definition) is 0. The third-order valence-corrected chi connectivity index (χ3v) is 6.66. The van der Waals surface area contributed by atoms with Gasteiger partial charge >= 0.3 is 0 Å². The molecule has 1 aromatic heterocycles. The molecule has 0 amide bonds. The zero-order valence-corrected chi connectivity index (χ0v) is 14.6. The second-order valence-corrected chi connectivity index (χ2v) is 8.57. The summed E-state index contributed by atoms with van der Waals surface area (Å²) in [4.78, 5) is 3.79. The molecule has 2 aromatic rings. The maximum Gasteiger partial charge on any atom is 0.0992 e. The topological polar surface area (TPSA) is 27.0 Å². The Hall–Kier alpha value is -1.63. The van der Waals surface area contributed by atoms with E-state index in [0.717, 1.165) is 18.0 Å². The van der Waals surface area contributed by atoms with E-state index in [-0.39, 0.29) is 5.41 Å². The van der Waals surface area contributed by atoms with E-state index in [4.69, 9.17) is 5.26 Å². The summed E-state index contributed by atoms with van der Waals surface area (Å²) in [7, 11) is 4.32. The fourth-order valence-corrected chi connectivity index (χ4v) is 5.77. The second kappa shape index (κ2) is 5.47. The monoisotopic (exact) mass is 322 g/mol. The molecule has 2 bridgehead atoms. The van der Waals surface area contributed by atoms with Crippen LogP contribution in [0.3, 0.4) is 0 Å². The predicted octanol–water partition coefficient (Wildman–Crippen LogP) is 4.70. The molecule has 1 saturated carbocycles. The minimum absolute atomic E-state index is 0.255. The van der Waals surface area contributed by atoms with Crippen LogP contribution >= 0.6 is 11.3 Å². The van der Waals surface area contributed by atoms with Crippen molar-refractivity contribution in [2.24, 2.45) is 5.92 Å². The van der Waals surface area contributed by atoms with Crippen LogP contribution in [0.1, 0.15) is 36.1 Å². The highest BCUT2D eigenvalue weighted by molar-refractivity contribution is 7.19. The van der Waals surface area contributed by atoms with E-state index in [1.165, 1.54) is 40.6 Å². The Labute approximate surface area is 142 Å². The van der Waals surface area contributed by atoms with E-state index in [1.54, 1.807) is 5.57 Å². The smallest absolute Gasteiger partial charge is 0.0992 e. The van der Waals surface area contributed by atoms with E-state index in [1.807, 2.05) is 23.5 Å². The molecule has 0 saturated heterocycles. The minimum atomic E-state index is 0.255. The van der Waals surface area contributed by atoms with Gasteiger partial charge in [0.05, 0.1) is 11.6 Å². The average molecular weight is 322 g/mol. The third-order valence-electron chi connectivity index (χ3n) is 5.34. The van der Waals surface area contributed by atoms with Gasteiger partial charge in [-0.2, -0.15) is 5.26 Å². The highest BCUT2D eigenvalue weighted by Gasteiger charge is 2.43. The van der Waals surface area contributed by atoms with Crippen LogP contribution in [0.2, 0.25) is 0 Å². The maximum absolute atomic E-state index is 9.12. The summed E-state index contributed by atoms with van der Waals surface area (Å²) in [5, 5.41) is 10.4. The second-order valence-electron chi connectivity index (χ2n) is 7.48. The molecule has 1 aromatic carbocycles. The number of fused-ring (bicyclic) bond motifs is 3. The molecule has 0 spiro atoms. The van der Waals surface area contributed by atoms with Crippen LogP contribution in [-0.4, -0.2) is 25.5 Å². The van der Waals surface area contributed by atoms with Gasteiger partial charge < -0.3 is 4.90 Å². The number of benzene rings is 1. The highest BCUT2D eigenvalue weighted by Crippen LogP contribution is 2.53. The summed E-state index contributed by atoms with van der Waals surface area (Å²) in [6.45, 7) is 1.09. The first-order chi connectivity index (χ1) is 11.1. The normalized spacial score (nSPS) is 26.5. The van der Waals surface area contributed by atoms with Gasteiger partial charge in [-0.25, -0.2) is 0 Å². The number of hydrogen-bond acceptors (Lipinski definition) is 3. The average Bonchev–Trinajstić information content (AvgIpc) is 3.08. The number of nitrogens with zero attached hydrogens (tertiary/aromatic N) is 2. The number of allylic oxidation sites excluding steroid dienone is 1. The van der Waals surface area contributed by atoms with Gasteiger partial charge in [0.2, 0.25) is 0 Å². The molecule has 2 unspecified atom stereocenters. The molecule has 4 rings (SSSR count). The van der Waals surface area contributed by atoms with E-state index in [0.29, 0.717) is 0 Å². The lowest BCUT2D eigenvalue weighted by atomic mass is 9.76. The lowest BCUT2D eigenvalue weighted by molar-refractivity contribution is 0.399. The van der Waals surface area contributed by atoms with Crippen molar-refractivity contribution in [3.63, 3.8) is 0 Å². The number of rotatable bonds is 3. The summed E-state index contributed by atoms with van der Waals surface area (Å²) in [6, 6.07) is 10.7. The Morgan fingerprint density at radius 2 is 2.22 bits per heavy atom. The maximum atomic E-state index is 9.12. The Kier molecular flexibility index (Phi) is 3.55. The standard InChI is InChI=1S/C20H22N2S/c1-22(2)13-16-7-14-5-6-20(10-14,11-16)19-9-17-4-3-15(12-21)8-18(17)23-19/h3-4,8-9,11,14H,5-7,10,13H2,1-2H3. The zero-order valence-electron chi connectivity index (χ0n) is 13.8. The summed E-state index contributed by atoms with van der Waals surface area (Å²) < 4.78 is 1.25. The molecule has 0 N–H and O–H groups in total. The molecule has 2 aliphatic rings. The number of thiophene rings is 1. The highest BCUT2D eigenvalue weighted by atomic mass is 32.1. The molecular formula is C20H22N2S. The van der Waals surface area contributed by atoms with Crippen LogP contribution in [0.4, 0.5) is 0 Å². The van der Waals surface area contributed by atoms with Crippen molar-refractivity contribution < 1.29 is 0 Å². The quantitative estimate of drug-likeness (QED) is 0.766. The first-order valence-corrected chi connectivity index (χ1v) is 9.19. The van der Waals surface area contributed by atoms with E-state index in [2.05, 4.69) is 43.3 Å². The fourth-order valence-electron chi connectivity index (χ4n) is 4.46. The molecule has 1 heterocycles. The van der Waals surface area contributed by atoms with Crippen LogP contribution in [0.5, 0.6) is 0 Å². The predicted molar refractivity (Wildman–Crippen MR) is 96.8 cm³/mol. The summed E-state index contributed by atoms with van der Waals surface area (Å²) in [5.74, 6) is 0.856. The lowest BCUT2D eigenvalue weighted by Crippen LogP contribution is -2.26. The van der Waals surface area contributed by atoms with E-state index in [9.17, 15) is 0 Å². The van der Waals surface area contributed by atoms with Gasteiger partial charge in [-0.15, -0.1) is 11.3 Å². The Bertz CT molecular complexity index is 824. The zero-order chi connectivity index (χ0) is 16.0. The van der Waals surface area contributed by atoms with Crippen LogP contribution in [-0.2, 0) is 5.41 Å². The Morgan fingerprint density at radius 3 is 3.00 bits per heavy atom. The van der Waals surface area contributed by atoms with Gasteiger partial charge in [0, 0.05) is 21.5 Å². The summed E-state index contributed by atoms with van der Waals surface area (Å²) in [5.41, 5.74) is 2.63. The van der Waals surface area contributed by atoms with Crippen molar-refractivity contribution >= 4 is 21.4 Å². The van der Waals surface area contributed by atoms with Crippen molar-refractivity contribution in [2.75, 3.05) is 20.6 Å². The molecule has 2 atom stereocenters. The first kappa shape index (κ1) is 14.9. The van der Waals surface area contributed by atoms with Gasteiger partial charge in [0.15, 0.2) is 0 Å². The lowest BCUT2D eigenvalue weighted by Gasteiger charge is -2.31. The Morgan fingerprint density at radius 1 is 1.35 bits per heavy atom. The Balaban J connectivity index is 1.77. The van der Waals surface area contributed by atoms with Crippen LogP contribution in [0.15, 0.2) is 35.9 Å². The van der Waals surface area contributed by atoms with E-state index < -0.39 is 0 Å². The molecule has 2 aliphatic carbocycles. The van der Waals surface area contributed by atoms with Crippen LogP contribution in [0.25, 0.3) is 10.1 Å². The van der Waals surface area contributed by atoms with Gasteiger partial charge in [-0.3, -0.25) is 0 Å².